The fourth-order valence-corrected chi connectivity index (χ4v) is 3.80. The first-order valence-corrected chi connectivity index (χ1v) is 10.4. The molecule has 160 valence electrons. The van der Waals surface area contributed by atoms with Crippen LogP contribution in [0.15, 0.2) is 41.3 Å². The van der Waals surface area contributed by atoms with Crippen LogP contribution in [0.4, 0.5) is 0 Å². The molecule has 0 saturated carbocycles. The summed E-state index contributed by atoms with van der Waals surface area (Å²) >= 11 is 0. The Morgan fingerprint density at radius 3 is 2.67 bits per heavy atom. The van der Waals surface area contributed by atoms with Gasteiger partial charge in [0.05, 0.1) is 6.61 Å². The Bertz CT molecular complexity index is 953. The minimum Gasteiger partial charge on any atom is -0.383 e. The van der Waals surface area contributed by atoms with Crippen LogP contribution in [0.3, 0.4) is 0 Å². The summed E-state index contributed by atoms with van der Waals surface area (Å²) in [7, 11) is 1.56. The van der Waals surface area contributed by atoms with Gasteiger partial charge in [-0.25, -0.2) is 0 Å². The van der Waals surface area contributed by atoms with E-state index in [0.717, 1.165) is 16.7 Å². The van der Waals surface area contributed by atoms with Gasteiger partial charge in [0.1, 0.15) is 5.56 Å². The van der Waals surface area contributed by atoms with Gasteiger partial charge in [-0.2, -0.15) is 0 Å². The Hall–Kier alpha value is -2.93. The van der Waals surface area contributed by atoms with Gasteiger partial charge in [0.2, 0.25) is 5.91 Å². The monoisotopic (exact) mass is 411 g/mol. The van der Waals surface area contributed by atoms with Gasteiger partial charge in [0.25, 0.3) is 11.5 Å². The lowest BCUT2D eigenvalue weighted by atomic mass is 9.95. The molecule has 2 aromatic rings. The third-order valence-electron chi connectivity index (χ3n) is 5.43. The molecule has 1 N–H and O–H groups in total. The number of aryl methyl sites for hydroxylation is 2. The molecule has 0 saturated heterocycles. The number of methoxy groups -OCH3 is 1. The molecule has 30 heavy (non-hydrogen) atoms. The van der Waals surface area contributed by atoms with Crippen molar-refractivity contribution in [1.29, 1.82) is 0 Å². The number of pyridine rings is 1. The van der Waals surface area contributed by atoms with E-state index in [0.29, 0.717) is 52.0 Å². The second kappa shape index (κ2) is 10.2. The molecule has 0 atom stereocenters. The maximum Gasteiger partial charge on any atom is 0.263 e. The van der Waals surface area contributed by atoms with Crippen molar-refractivity contribution in [2.24, 2.45) is 0 Å². The molecule has 1 aliphatic rings. The van der Waals surface area contributed by atoms with Crippen molar-refractivity contribution in [3.8, 4) is 0 Å². The largest absolute Gasteiger partial charge is 0.383 e. The van der Waals surface area contributed by atoms with E-state index in [1.807, 2.05) is 43.5 Å². The summed E-state index contributed by atoms with van der Waals surface area (Å²) in [6, 6.07) is 9.92. The normalized spacial score (nSPS) is 13.1. The highest BCUT2D eigenvalue weighted by atomic mass is 16.5. The van der Waals surface area contributed by atoms with Gasteiger partial charge in [-0.3, -0.25) is 14.4 Å². The maximum atomic E-state index is 13.2. The van der Waals surface area contributed by atoms with Crippen LogP contribution in [0.1, 0.15) is 40.4 Å². The van der Waals surface area contributed by atoms with Crippen LogP contribution in [-0.2, 0) is 35.5 Å². The average molecular weight is 412 g/mol. The van der Waals surface area contributed by atoms with Crippen molar-refractivity contribution in [2.75, 3.05) is 26.8 Å². The molecule has 2 heterocycles. The van der Waals surface area contributed by atoms with Crippen molar-refractivity contribution in [3.63, 3.8) is 0 Å². The number of carbonyl (C=O) groups excluding carboxylic acids is 2. The van der Waals surface area contributed by atoms with E-state index < -0.39 is 0 Å². The highest BCUT2D eigenvalue weighted by Crippen LogP contribution is 2.21. The van der Waals surface area contributed by atoms with Crippen molar-refractivity contribution in [2.45, 2.75) is 39.3 Å². The van der Waals surface area contributed by atoms with Gasteiger partial charge in [-0.05, 0) is 29.5 Å². The topological polar surface area (TPSA) is 80.6 Å². The van der Waals surface area contributed by atoms with Crippen molar-refractivity contribution >= 4 is 11.8 Å². The van der Waals surface area contributed by atoms with E-state index in [4.69, 9.17) is 4.74 Å². The number of nitrogens with zero attached hydrogens (tertiary/aromatic N) is 2. The number of aromatic nitrogens is 1. The number of rotatable bonds is 8. The van der Waals surface area contributed by atoms with E-state index in [-0.39, 0.29) is 22.9 Å². The van der Waals surface area contributed by atoms with E-state index in [1.165, 1.54) is 0 Å². The lowest BCUT2D eigenvalue weighted by Crippen LogP contribution is -2.41. The zero-order valence-corrected chi connectivity index (χ0v) is 17.6. The predicted octanol–water partition coefficient (Wildman–Crippen LogP) is 1.76. The van der Waals surface area contributed by atoms with Gasteiger partial charge < -0.3 is 19.5 Å². The Kier molecular flexibility index (Phi) is 7.41. The Morgan fingerprint density at radius 1 is 1.20 bits per heavy atom. The molecule has 1 aliphatic heterocycles. The Morgan fingerprint density at radius 2 is 1.97 bits per heavy atom. The molecule has 7 nitrogen and oxygen atoms in total. The quantitative estimate of drug-likeness (QED) is 0.672. The fourth-order valence-electron chi connectivity index (χ4n) is 3.80. The summed E-state index contributed by atoms with van der Waals surface area (Å²) in [6.45, 7) is 3.96. The lowest BCUT2D eigenvalue weighted by molar-refractivity contribution is -0.131. The molecule has 1 aromatic carbocycles. The number of hydrogen-bond donors (Lipinski definition) is 1. The molecule has 1 aromatic heterocycles. The Balaban J connectivity index is 1.94. The summed E-state index contributed by atoms with van der Waals surface area (Å²) in [6.07, 6.45) is 3.44. The number of ether oxygens (including phenoxy) is 1. The lowest BCUT2D eigenvalue weighted by Gasteiger charge is -2.30. The van der Waals surface area contributed by atoms with Crippen LogP contribution in [0.25, 0.3) is 0 Å². The van der Waals surface area contributed by atoms with E-state index in [1.54, 1.807) is 16.6 Å². The molecule has 0 aliphatic carbocycles. The van der Waals surface area contributed by atoms with Gasteiger partial charge in [0, 0.05) is 45.9 Å². The SMILES string of the molecule is CCC(=O)N1CCc2c(cn(CCc3ccccc3)c(=O)c2C(=O)NCCOC)C1. The molecule has 0 bridgehead atoms. The number of fused-ring (bicyclic) bond motifs is 1. The summed E-state index contributed by atoms with van der Waals surface area (Å²) in [4.78, 5) is 40.0. The molecule has 3 rings (SSSR count). The number of hydrogen-bond acceptors (Lipinski definition) is 4. The fraction of sp³-hybridized carbons (Fsp3) is 0.435. The number of benzene rings is 1. The molecular formula is C23H29N3O4. The highest BCUT2D eigenvalue weighted by molar-refractivity contribution is 5.95. The van der Waals surface area contributed by atoms with Crippen molar-refractivity contribution < 1.29 is 14.3 Å². The number of nitrogens with one attached hydrogen (secondary N) is 1. The van der Waals surface area contributed by atoms with Gasteiger partial charge in [0.15, 0.2) is 0 Å². The van der Waals surface area contributed by atoms with E-state index >= 15 is 0 Å². The standard InChI is InChI=1S/C23H29N3O4/c1-3-20(27)25-13-10-19-18(15-25)16-26(12-9-17-7-5-4-6-8-17)23(29)21(19)22(28)24-11-14-30-2/h4-8,16H,3,9-15H2,1-2H3,(H,24,28). The molecule has 2 amide bonds. The predicted molar refractivity (Wildman–Crippen MR) is 114 cm³/mol. The van der Waals surface area contributed by atoms with Gasteiger partial charge in [-0.15, -0.1) is 0 Å². The minimum absolute atomic E-state index is 0.0776. The first-order chi connectivity index (χ1) is 14.5. The molecular weight excluding hydrogens is 382 g/mol. The molecule has 7 heteroatoms. The maximum absolute atomic E-state index is 13.2. The Labute approximate surface area is 176 Å². The first kappa shape index (κ1) is 21.8. The first-order valence-electron chi connectivity index (χ1n) is 10.4. The summed E-state index contributed by atoms with van der Waals surface area (Å²) in [5.41, 5.74) is 2.66. The highest BCUT2D eigenvalue weighted by Gasteiger charge is 2.27. The van der Waals surface area contributed by atoms with Crippen LogP contribution in [0.5, 0.6) is 0 Å². The van der Waals surface area contributed by atoms with Crippen molar-refractivity contribution in [1.82, 2.24) is 14.8 Å². The minimum atomic E-state index is -0.377. The zero-order chi connectivity index (χ0) is 21.5. The summed E-state index contributed by atoms with van der Waals surface area (Å²) < 4.78 is 6.60. The second-order valence-corrected chi connectivity index (χ2v) is 7.41. The van der Waals surface area contributed by atoms with Gasteiger partial charge >= 0.3 is 0 Å². The van der Waals surface area contributed by atoms with E-state index in [2.05, 4.69) is 5.32 Å². The third-order valence-corrected chi connectivity index (χ3v) is 5.43. The van der Waals surface area contributed by atoms with Crippen LogP contribution >= 0.6 is 0 Å². The van der Waals surface area contributed by atoms with Crippen LogP contribution < -0.4 is 10.9 Å². The molecule has 0 unspecified atom stereocenters. The van der Waals surface area contributed by atoms with E-state index in [9.17, 15) is 14.4 Å². The van der Waals surface area contributed by atoms with Crippen LogP contribution in [-0.4, -0.2) is 48.1 Å². The summed E-state index contributed by atoms with van der Waals surface area (Å²) in [5, 5.41) is 2.78. The molecule has 0 radical (unpaired) electrons. The zero-order valence-electron chi connectivity index (χ0n) is 17.6. The van der Waals surface area contributed by atoms with Gasteiger partial charge in [-0.1, -0.05) is 37.3 Å². The van der Waals surface area contributed by atoms with Crippen LogP contribution in [0.2, 0.25) is 0 Å². The second-order valence-electron chi connectivity index (χ2n) is 7.41. The van der Waals surface area contributed by atoms with Crippen molar-refractivity contribution in [3.05, 3.63) is 69.1 Å². The summed E-state index contributed by atoms with van der Waals surface area (Å²) in [5.74, 6) is -0.300. The molecule has 0 spiro atoms. The average Bonchev–Trinajstić information content (AvgIpc) is 2.77. The van der Waals surface area contributed by atoms with Crippen LogP contribution in [0, 0.1) is 0 Å². The number of carbonyl (C=O) groups is 2. The smallest absolute Gasteiger partial charge is 0.263 e. The molecule has 0 fully saturated rings. The third kappa shape index (κ3) is 4.97. The number of amides is 2.